The summed E-state index contributed by atoms with van der Waals surface area (Å²) in [5.41, 5.74) is -0.270. The van der Waals surface area contributed by atoms with Gasteiger partial charge in [-0.1, -0.05) is 18.2 Å². The average Bonchev–Trinajstić information content (AvgIpc) is 2.69. The Bertz CT molecular complexity index is 948. The van der Waals surface area contributed by atoms with E-state index in [1.165, 1.54) is 11.0 Å². The van der Waals surface area contributed by atoms with Gasteiger partial charge in [-0.3, -0.25) is 10.1 Å². The number of para-hydroxylation sites is 1. The number of halogens is 1. The van der Waals surface area contributed by atoms with E-state index in [1.54, 1.807) is 49.9 Å². The third-order valence-electron chi connectivity index (χ3n) is 4.96. The third-order valence-corrected chi connectivity index (χ3v) is 4.96. The number of β-amino-alcohol motifs (C(OH)–C–C–N with tert-alkyl or cyclic N) is 1. The number of nitro benzene ring substituents is 1. The van der Waals surface area contributed by atoms with Crippen molar-refractivity contribution in [3.8, 4) is 0 Å². The minimum atomic E-state index is -1.01. The molecule has 0 aliphatic carbocycles. The van der Waals surface area contributed by atoms with E-state index in [9.17, 15) is 24.4 Å². The fourth-order valence-electron chi connectivity index (χ4n) is 3.66. The number of hydrogen-bond acceptors (Lipinski definition) is 6. The van der Waals surface area contributed by atoms with Crippen LogP contribution < -0.4 is 4.90 Å². The standard InChI is InChI=1S/C22H26FN3O5/c1-22(2,3)31-21(28)24-12-11-18(20(27)14-24)25(16-7-5-4-6-8-16)17-10-9-15(23)13-19(17)26(29)30/h4-10,13,18,20,27H,11-12,14H2,1-3H3/t18-,20-/m0/s1. The highest BCUT2D eigenvalue weighted by atomic mass is 19.1. The molecule has 0 aromatic heterocycles. The molecule has 1 fully saturated rings. The maximum atomic E-state index is 13.7. The van der Waals surface area contributed by atoms with Crippen LogP contribution in [0, 0.1) is 15.9 Å². The van der Waals surface area contributed by atoms with E-state index in [1.807, 2.05) is 6.07 Å². The topological polar surface area (TPSA) is 96.2 Å². The summed E-state index contributed by atoms with van der Waals surface area (Å²) in [6.07, 6.45) is -1.20. The fourth-order valence-corrected chi connectivity index (χ4v) is 3.66. The highest BCUT2D eigenvalue weighted by Crippen LogP contribution is 2.38. The van der Waals surface area contributed by atoms with Gasteiger partial charge in [0.2, 0.25) is 0 Å². The van der Waals surface area contributed by atoms with E-state index in [0.29, 0.717) is 18.7 Å². The Hall–Kier alpha value is -3.20. The number of anilines is 2. The normalized spacial score (nSPS) is 19.1. The molecule has 1 amide bonds. The number of piperidine rings is 1. The highest BCUT2D eigenvalue weighted by molar-refractivity contribution is 5.73. The number of carbonyl (C=O) groups excluding carboxylic acids is 1. The first kappa shape index (κ1) is 22.5. The molecule has 0 unspecified atom stereocenters. The molecule has 0 spiro atoms. The highest BCUT2D eigenvalue weighted by Gasteiger charge is 2.38. The molecule has 166 valence electrons. The lowest BCUT2D eigenvalue weighted by Crippen LogP contribution is -2.55. The molecule has 0 saturated carbocycles. The maximum Gasteiger partial charge on any atom is 0.410 e. The molecule has 8 nitrogen and oxygen atoms in total. The number of aliphatic hydroxyl groups is 1. The number of hydrogen-bond donors (Lipinski definition) is 1. The number of rotatable bonds is 4. The third kappa shape index (κ3) is 5.29. The van der Waals surface area contributed by atoms with Crippen molar-refractivity contribution >= 4 is 23.2 Å². The van der Waals surface area contributed by atoms with Crippen molar-refractivity contribution in [3.63, 3.8) is 0 Å². The molecule has 1 aliphatic heterocycles. The van der Waals surface area contributed by atoms with Crippen molar-refractivity contribution < 1.29 is 24.0 Å². The van der Waals surface area contributed by atoms with Crippen LogP contribution in [0.2, 0.25) is 0 Å². The van der Waals surface area contributed by atoms with Gasteiger partial charge in [0.25, 0.3) is 5.69 Å². The SMILES string of the molecule is CC(C)(C)OC(=O)N1CC[C@H](N(c2ccccc2)c2ccc(F)cc2[N+](=O)[O-])[C@@H](O)C1. The second-order valence-electron chi connectivity index (χ2n) is 8.45. The number of nitrogens with zero attached hydrogens (tertiary/aromatic N) is 3. The molecule has 0 bridgehead atoms. The summed E-state index contributed by atoms with van der Waals surface area (Å²) in [6, 6.07) is 11.7. The monoisotopic (exact) mass is 431 g/mol. The van der Waals surface area contributed by atoms with Crippen LogP contribution in [0.5, 0.6) is 0 Å². The molecule has 1 saturated heterocycles. The van der Waals surface area contributed by atoms with Gasteiger partial charge in [0.15, 0.2) is 0 Å². The number of likely N-dealkylation sites (tertiary alicyclic amines) is 1. The van der Waals surface area contributed by atoms with Crippen LogP contribution in [-0.4, -0.2) is 51.9 Å². The van der Waals surface area contributed by atoms with Crippen LogP contribution in [0.1, 0.15) is 27.2 Å². The maximum absolute atomic E-state index is 13.7. The van der Waals surface area contributed by atoms with E-state index in [2.05, 4.69) is 0 Å². The molecule has 0 radical (unpaired) electrons. The summed E-state index contributed by atoms with van der Waals surface area (Å²) in [7, 11) is 0. The summed E-state index contributed by atoms with van der Waals surface area (Å²) >= 11 is 0. The Kier molecular flexibility index (Phi) is 6.45. The second kappa shape index (κ2) is 8.89. The lowest BCUT2D eigenvalue weighted by molar-refractivity contribution is -0.384. The largest absolute Gasteiger partial charge is 0.444 e. The quantitative estimate of drug-likeness (QED) is 0.575. The van der Waals surface area contributed by atoms with Gasteiger partial charge in [0.05, 0.1) is 29.7 Å². The van der Waals surface area contributed by atoms with E-state index in [4.69, 9.17) is 4.74 Å². The van der Waals surface area contributed by atoms with Gasteiger partial charge in [-0.15, -0.1) is 0 Å². The van der Waals surface area contributed by atoms with Gasteiger partial charge in [0.1, 0.15) is 17.1 Å². The molecule has 1 aliphatic rings. The zero-order valence-corrected chi connectivity index (χ0v) is 17.7. The van der Waals surface area contributed by atoms with Crippen LogP contribution >= 0.6 is 0 Å². The molecule has 3 rings (SSSR count). The van der Waals surface area contributed by atoms with Gasteiger partial charge in [-0.05, 0) is 51.5 Å². The molecular formula is C22H26FN3O5. The van der Waals surface area contributed by atoms with Crippen molar-refractivity contribution in [2.45, 2.75) is 44.9 Å². The molecule has 31 heavy (non-hydrogen) atoms. The second-order valence-corrected chi connectivity index (χ2v) is 8.45. The van der Waals surface area contributed by atoms with E-state index in [0.717, 1.165) is 12.1 Å². The van der Waals surface area contributed by atoms with Crippen molar-refractivity contribution in [2.24, 2.45) is 0 Å². The van der Waals surface area contributed by atoms with Crippen LogP contribution in [0.15, 0.2) is 48.5 Å². The molecular weight excluding hydrogens is 405 g/mol. The number of carbonyl (C=O) groups is 1. The number of aliphatic hydroxyl groups excluding tert-OH is 1. The Morgan fingerprint density at radius 2 is 1.94 bits per heavy atom. The fraction of sp³-hybridized carbons (Fsp3) is 0.409. The van der Waals surface area contributed by atoms with Crippen LogP contribution in [0.4, 0.5) is 26.2 Å². The van der Waals surface area contributed by atoms with Gasteiger partial charge < -0.3 is 19.6 Å². The number of ether oxygens (including phenoxy) is 1. The minimum absolute atomic E-state index is 0.0118. The van der Waals surface area contributed by atoms with E-state index < -0.39 is 40.3 Å². The first-order valence-corrected chi connectivity index (χ1v) is 10.0. The predicted molar refractivity (Wildman–Crippen MR) is 114 cm³/mol. The first-order chi connectivity index (χ1) is 14.6. The minimum Gasteiger partial charge on any atom is -0.444 e. The van der Waals surface area contributed by atoms with Crippen LogP contribution in [-0.2, 0) is 4.74 Å². The Labute approximate surface area is 180 Å². The molecule has 1 heterocycles. The van der Waals surface area contributed by atoms with Gasteiger partial charge >= 0.3 is 6.09 Å². The van der Waals surface area contributed by atoms with E-state index in [-0.39, 0.29) is 12.2 Å². The van der Waals surface area contributed by atoms with Crippen molar-refractivity contribution in [2.75, 3.05) is 18.0 Å². The molecule has 9 heteroatoms. The summed E-state index contributed by atoms with van der Waals surface area (Å²) in [4.78, 5) is 26.5. The molecule has 1 N–H and O–H groups in total. The molecule has 2 aromatic rings. The average molecular weight is 431 g/mol. The molecule has 2 atom stereocenters. The summed E-state index contributed by atoms with van der Waals surface area (Å²) < 4.78 is 19.1. The summed E-state index contributed by atoms with van der Waals surface area (Å²) in [6.45, 7) is 5.60. The Balaban J connectivity index is 1.94. The summed E-state index contributed by atoms with van der Waals surface area (Å²) in [5, 5.41) is 22.6. The van der Waals surface area contributed by atoms with Crippen molar-refractivity contribution in [3.05, 3.63) is 64.5 Å². The zero-order chi connectivity index (χ0) is 22.8. The number of benzene rings is 2. The zero-order valence-electron chi connectivity index (χ0n) is 17.7. The van der Waals surface area contributed by atoms with Crippen LogP contribution in [0.3, 0.4) is 0 Å². The van der Waals surface area contributed by atoms with Crippen molar-refractivity contribution in [1.82, 2.24) is 4.90 Å². The van der Waals surface area contributed by atoms with Gasteiger partial charge in [-0.2, -0.15) is 0 Å². The van der Waals surface area contributed by atoms with Gasteiger partial charge in [0, 0.05) is 12.2 Å². The summed E-state index contributed by atoms with van der Waals surface area (Å²) in [5.74, 6) is -0.719. The van der Waals surface area contributed by atoms with E-state index >= 15 is 0 Å². The molecule has 2 aromatic carbocycles. The van der Waals surface area contributed by atoms with Gasteiger partial charge in [-0.25, -0.2) is 9.18 Å². The first-order valence-electron chi connectivity index (χ1n) is 10.0. The smallest absolute Gasteiger partial charge is 0.410 e. The lowest BCUT2D eigenvalue weighted by atomic mass is 9.98. The predicted octanol–water partition coefficient (Wildman–Crippen LogP) is 4.24. The van der Waals surface area contributed by atoms with Crippen molar-refractivity contribution in [1.29, 1.82) is 0 Å². The number of amides is 1. The van der Waals surface area contributed by atoms with Crippen LogP contribution in [0.25, 0.3) is 0 Å². The Morgan fingerprint density at radius 3 is 2.52 bits per heavy atom. The Morgan fingerprint density at radius 1 is 1.26 bits per heavy atom. The number of nitro groups is 1. The lowest BCUT2D eigenvalue weighted by Gasteiger charge is -2.42.